The Morgan fingerprint density at radius 1 is 1.06 bits per heavy atom. The summed E-state index contributed by atoms with van der Waals surface area (Å²) in [6, 6.07) is 3.73. The summed E-state index contributed by atoms with van der Waals surface area (Å²) in [5, 5.41) is 3.19. The van der Waals surface area contributed by atoms with Gasteiger partial charge in [0.15, 0.2) is 11.6 Å². The Hall–Kier alpha value is -2.04. The van der Waals surface area contributed by atoms with Crippen LogP contribution in [0.15, 0.2) is 24.5 Å². The van der Waals surface area contributed by atoms with Gasteiger partial charge in [0, 0.05) is 30.7 Å². The van der Waals surface area contributed by atoms with Crippen molar-refractivity contribution < 1.29 is 0 Å². The first-order chi connectivity index (χ1) is 8.33. The molecule has 88 valence electrons. The van der Waals surface area contributed by atoms with Crippen LogP contribution in [0, 0.1) is 0 Å². The molecule has 17 heavy (non-hydrogen) atoms. The van der Waals surface area contributed by atoms with E-state index in [4.69, 9.17) is 0 Å². The summed E-state index contributed by atoms with van der Waals surface area (Å²) in [5.74, 6) is 1.95. The molecule has 0 unspecified atom stereocenters. The van der Waals surface area contributed by atoms with E-state index in [9.17, 15) is 0 Å². The fourth-order valence-electron chi connectivity index (χ4n) is 1.46. The van der Waals surface area contributed by atoms with Crippen LogP contribution in [0.3, 0.4) is 0 Å². The van der Waals surface area contributed by atoms with E-state index in [1.165, 1.54) is 0 Å². The fraction of sp³-hybridized carbons (Fsp3) is 0.333. The minimum absolute atomic E-state index is 0.557. The number of hydrogen-bond donors (Lipinski definition) is 1. The number of nitrogens with zero attached hydrogens (tertiary/aromatic N) is 4. The van der Waals surface area contributed by atoms with E-state index in [1.54, 1.807) is 18.5 Å². The Balaban J connectivity index is 2.43. The fourth-order valence-corrected chi connectivity index (χ4v) is 1.46. The van der Waals surface area contributed by atoms with Gasteiger partial charge in [0.1, 0.15) is 5.82 Å². The Bertz CT molecular complexity index is 484. The first-order valence-corrected chi connectivity index (χ1v) is 5.72. The Kier molecular flexibility index (Phi) is 3.59. The monoisotopic (exact) mass is 229 g/mol. The third-order valence-electron chi connectivity index (χ3n) is 2.27. The molecular formula is C12H15N5. The largest absolute Gasteiger partial charge is 0.370 e. The number of rotatable bonds is 4. The highest BCUT2D eigenvalue weighted by Crippen LogP contribution is 2.14. The lowest BCUT2D eigenvalue weighted by molar-refractivity contribution is 0.978. The highest BCUT2D eigenvalue weighted by atomic mass is 15.1. The quantitative estimate of drug-likeness (QED) is 0.867. The smallest absolute Gasteiger partial charge is 0.199 e. The van der Waals surface area contributed by atoms with Gasteiger partial charge in [-0.1, -0.05) is 6.92 Å². The van der Waals surface area contributed by atoms with E-state index in [0.29, 0.717) is 11.6 Å². The first-order valence-electron chi connectivity index (χ1n) is 5.72. The van der Waals surface area contributed by atoms with Crippen LogP contribution in [-0.4, -0.2) is 26.5 Å². The molecule has 2 rings (SSSR count). The average molecular weight is 229 g/mol. The molecule has 0 spiro atoms. The van der Waals surface area contributed by atoms with Crippen molar-refractivity contribution in [3.05, 3.63) is 30.2 Å². The van der Waals surface area contributed by atoms with Crippen LogP contribution in [0.25, 0.3) is 11.6 Å². The second kappa shape index (κ2) is 5.34. The standard InChI is InChI=1S/C12H15N5/c1-3-9-8-10(13-4-2)17-12(16-9)11-14-6-5-7-15-11/h5-8H,3-4H2,1-2H3,(H,13,16,17). The van der Waals surface area contributed by atoms with E-state index in [0.717, 1.165) is 24.5 Å². The number of nitrogens with one attached hydrogen (secondary N) is 1. The highest BCUT2D eigenvalue weighted by molar-refractivity contribution is 5.48. The number of aromatic nitrogens is 4. The molecule has 2 heterocycles. The Labute approximate surface area is 100 Å². The van der Waals surface area contributed by atoms with Crippen LogP contribution in [0.5, 0.6) is 0 Å². The summed E-state index contributed by atoms with van der Waals surface area (Å²) in [4.78, 5) is 17.1. The van der Waals surface area contributed by atoms with Crippen LogP contribution in [0.4, 0.5) is 5.82 Å². The van der Waals surface area contributed by atoms with Crippen LogP contribution in [-0.2, 0) is 6.42 Å². The van der Waals surface area contributed by atoms with E-state index in [1.807, 2.05) is 13.0 Å². The van der Waals surface area contributed by atoms with Crippen molar-refractivity contribution in [2.24, 2.45) is 0 Å². The maximum atomic E-state index is 4.43. The Morgan fingerprint density at radius 3 is 2.47 bits per heavy atom. The molecule has 0 aliphatic heterocycles. The van der Waals surface area contributed by atoms with E-state index >= 15 is 0 Å². The van der Waals surface area contributed by atoms with Crippen molar-refractivity contribution in [3.63, 3.8) is 0 Å². The van der Waals surface area contributed by atoms with Gasteiger partial charge in [0.05, 0.1) is 0 Å². The van der Waals surface area contributed by atoms with Crippen LogP contribution < -0.4 is 5.32 Å². The van der Waals surface area contributed by atoms with Gasteiger partial charge in [0.25, 0.3) is 0 Å². The predicted octanol–water partition coefficient (Wildman–Crippen LogP) is 1.93. The molecule has 0 aliphatic rings. The molecule has 2 aromatic rings. The zero-order valence-electron chi connectivity index (χ0n) is 10.0. The molecule has 2 aromatic heterocycles. The summed E-state index contributed by atoms with van der Waals surface area (Å²) < 4.78 is 0. The minimum atomic E-state index is 0.557. The number of anilines is 1. The topological polar surface area (TPSA) is 63.6 Å². The van der Waals surface area contributed by atoms with Crippen LogP contribution in [0.1, 0.15) is 19.5 Å². The lowest BCUT2D eigenvalue weighted by atomic mass is 10.3. The molecule has 0 atom stereocenters. The van der Waals surface area contributed by atoms with Crippen molar-refractivity contribution >= 4 is 5.82 Å². The summed E-state index contributed by atoms with van der Waals surface area (Å²) in [5.41, 5.74) is 0.985. The van der Waals surface area contributed by atoms with Gasteiger partial charge in [-0.15, -0.1) is 0 Å². The van der Waals surface area contributed by atoms with Gasteiger partial charge in [-0.05, 0) is 19.4 Å². The molecule has 0 saturated heterocycles. The second-order valence-corrected chi connectivity index (χ2v) is 3.52. The summed E-state index contributed by atoms with van der Waals surface area (Å²) in [6.07, 6.45) is 4.25. The summed E-state index contributed by atoms with van der Waals surface area (Å²) in [6.45, 7) is 4.93. The first kappa shape index (κ1) is 11.4. The molecule has 1 N–H and O–H groups in total. The normalized spacial score (nSPS) is 10.2. The molecule has 5 heteroatoms. The van der Waals surface area contributed by atoms with Crippen LogP contribution in [0.2, 0.25) is 0 Å². The predicted molar refractivity (Wildman–Crippen MR) is 66.6 cm³/mol. The summed E-state index contributed by atoms with van der Waals surface area (Å²) >= 11 is 0. The van der Waals surface area contributed by atoms with E-state index < -0.39 is 0 Å². The Morgan fingerprint density at radius 2 is 1.82 bits per heavy atom. The lowest BCUT2D eigenvalue weighted by Crippen LogP contribution is -2.04. The van der Waals surface area contributed by atoms with Crippen molar-refractivity contribution in [3.8, 4) is 11.6 Å². The van der Waals surface area contributed by atoms with Gasteiger partial charge in [-0.2, -0.15) is 0 Å². The molecule has 5 nitrogen and oxygen atoms in total. The second-order valence-electron chi connectivity index (χ2n) is 3.52. The van der Waals surface area contributed by atoms with E-state index in [2.05, 4.69) is 32.2 Å². The van der Waals surface area contributed by atoms with Gasteiger partial charge in [-0.25, -0.2) is 19.9 Å². The van der Waals surface area contributed by atoms with Gasteiger partial charge >= 0.3 is 0 Å². The van der Waals surface area contributed by atoms with Crippen molar-refractivity contribution in [2.75, 3.05) is 11.9 Å². The molecule has 0 aromatic carbocycles. The lowest BCUT2D eigenvalue weighted by Gasteiger charge is -2.06. The van der Waals surface area contributed by atoms with Gasteiger partial charge in [-0.3, -0.25) is 0 Å². The van der Waals surface area contributed by atoms with Gasteiger partial charge < -0.3 is 5.32 Å². The van der Waals surface area contributed by atoms with Crippen molar-refractivity contribution in [1.82, 2.24) is 19.9 Å². The number of aryl methyl sites for hydroxylation is 1. The molecular weight excluding hydrogens is 214 g/mol. The molecule has 0 fully saturated rings. The van der Waals surface area contributed by atoms with E-state index in [-0.39, 0.29) is 0 Å². The molecule has 0 saturated carbocycles. The SMILES string of the molecule is CCNc1cc(CC)nc(-c2ncccn2)n1. The average Bonchev–Trinajstić information content (AvgIpc) is 2.40. The van der Waals surface area contributed by atoms with Crippen molar-refractivity contribution in [1.29, 1.82) is 0 Å². The third kappa shape index (κ3) is 2.75. The van der Waals surface area contributed by atoms with Gasteiger partial charge in [0.2, 0.25) is 0 Å². The summed E-state index contributed by atoms with van der Waals surface area (Å²) in [7, 11) is 0. The molecule has 0 amide bonds. The maximum absolute atomic E-state index is 4.43. The maximum Gasteiger partial charge on any atom is 0.199 e. The third-order valence-corrected chi connectivity index (χ3v) is 2.27. The number of hydrogen-bond acceptors (Lipinski definition) is 5. The van der Waals surface area contributed by atoms with Crippen molar-refractivity contribution in [2.45, 2.75) is 20.3 Å². The highest BCUT2D eigenvalue weighted by Gasteiger charge is 2.07. The zero-order valence-corrected chi connectivity index (χ0v) is 10.0. The molecule has 0 radical (unpaired) electrons. The zero-order chi connectivity index (χ0) is 12.1. The molecule has 0 bridgehead atoms. The van der Waals surface area contributed by atoms with Crippen LogP contribution >= 0.6 is 0 Å². The molecule has 0 aliphatic carbocycles. The minimum Gasteiger partial charge on any atom is -0.370 e.